The number of rotatable bonds is 8. The first-order chi connectivity index (χ1) is 23.0. The Hall–Kier alpha value is -7.09. The van der Waals surface area contributed by atoms with Gasteiger partial charge in [-0.15, -0.1) is 10.2 Å². The summed E-state index contributed by atoms with van der Waals surface area (Å²) >= 11 is 0. The average molecular weight is 619 g/mol. The zero-order chi connectivity index (χ0) is 32.2. The number of anilines is 3. The van der Waals surface area contributed by atoms with Gasteiger partial charge in [-0.2, -0.15) is 44.7 Å². The van der Waals surface area contributed by atoms with Crippen molar-refractivity contribution >= 4 is 40.1 Å². The van der Waals surface area contributed by atoms with Crippen LogP contribution in [-0.2, 0) is 0 Å². The van der Waals surface area contributed by atoms with Crippen LogP contribution in [0.15, 0.2) is 142 Å². The van der Waals surface area contributed by atoms with Crippen molar-refractivity contribution in [3.05, 3.63) is 122 Å². The fourth-order valence-electron chi connectivity index (χ4n) is 4.66. The van der Waals surface area contributed by atoms with Crippen molar-refractivity contribution in [2.45, 2.75) is 0 Å². The summed E-state index contributed by atoms with van der Waals surface area (Å²) in [6.45, 7) is 0. The first kappa shape index (κ1) is 28.7. The Morgan fingerprint density at radius 1 is 0.468 bits per heavy atom. The highest BCUT2D eigenvalue weighted by atomic mass is 15.4. The Kier molecular flexibility index (Phi) is 7.62. The monoisotopic (exact) mass is 618 g/mol. The average Bonchev–Trinajstić information content (AvgIpc) is 3.64. The number of hydrogen-bond donors (Lipinski definition) is 3. The Bertz CT molecular complexity index is 2210. The molecule has 0 aliphatic heterocycles. The second-order valence-electron chi connectivity index (χ2n) is 10.1. The van der Waals surface area contributed by atoms with E-state index in [0.717, 1.165) is 11.1 Å². The highest BCUT2D eigenvalue weighted by molar-refractivity contribution is 5.81. The van der Waals surface area contributed by atoms with Gasteiger partial charge in [0.25, 0.3) is 11.9 Å². The minimum absolute atomic E-state index is 0.113. The summed E-state index contributed by atoms with van der Waals surface area (Å²) in [6.07, 6.45) is 1.32. The molecule has 7 rings (SSSR count). The molecule has 3 heterocycles. The van der Waals surface area contributed by atoms with Crippen LogP contribution in [0.4, 0.5) is 40.1 Å². The van der Waals surface area contributed by atoms with Crippen LogP contribution in [0.2, 0.25) is 0 Å². The smallest absolute Gasteiger partial charge is 0.257 e. The van der Waals surface area contributed by atoms with E-state index in [1.54, 1.807) is 24.3 Å². The Labute approximate surface area is 268 Å². The highest BCUT2D eigenvalue weighted by Crippen LogP contribution is 2.38. The predicted molar refractivity (Wildman–Crippen MR) is 179 cm³/mol. The quantitative estimate of drug-likeness (QED) is 0.117. The lowest BCUT2D eigenvalue weighted by molar-refractivity contribution is 0.754. The molecule has 6 N–H and O–H groups in total. The summed E-state index contributed by atoms with van der Waals surface area (Å²) < 4.78 is 2.76. The Morgan fingerprint density at radius 2 is 0.894 bits per heavy atom. The predicted octanol–water partition coefficient (Wildman–Crippen LogP) is 7.15. The van der Waals surface area contributed by atoms with Gasteiger partial charge in [0.15, 0.2) is 23.0 Å². The molecule has 14 nitrogen and oxygen atoms in total. The van der Waals surface area contributed by atoms with E-state index in [1.165, 1.54) is 15.7 Å². The minimum Gasteiger partial charge on any atom is -0.399 e. The number of nitrogen functional groups attached to an aromatic ring is 3. The molecule has 14 heteroatoms. The van der Waals surface area contributed by atoms with Crippen LogP contribution >= 0.6 is 0 Å². The summed E-state index contributed by atoms with van der Waals surface area (Å²) in [5.41, 5.74) is 24.2. The molecule has 0 aliphatic carbocycles. The normalized spacial score (nSPS) is 11.5. The number of aromatic nitrogens is 7. The van der Waals surface area contributed by atoms with Crippen molar-refractivity contribution in [2.75, 3.05) is 17.2 Å². The molecule has 228 valence electrons. The van der Waals surface area contributed by atoms with E-state index in [2.05, 4.69) is 35.4 Å². The first-order valence-corrected chi connectivity index (χ1v) is 14.4. The van der Waals surface area contributed by atoms with Crippen LogP contribution in [0.1, 0.15) is 0 Å². The lowest BCUT2D eigenvalue weighted by Gasteiger charge is -2.05. The minimum atomic E-state index is 0.113. The van der Waals surface area contributed by atoms with Crippen LogP contribution in [0.25, 0.3) is 34.4 Å². The third-order valence-corrected chi connectivity index (χ3v) is 6.99. The van der Waals surface area contributed by atoms with Crippen LogP contribution in [-0.4, -0.2) is 34.5 Å². The molecule has 0 aliphatic rings. The van der Waals surface area contributed by atoms with E-state index < -0.39 is 0 Å². The van der Waals surface area contributed by atoms with E-state index in [1.807, 2.05) is 91.0 Å². The molecular weight excluding hydrogens is 592 g/mol. The largest absolute Gasteiger partial charge is 0.399 e. The van der Waals surface area contributed by atoms with Crippen LogP contribution in [0.3, 0.4) is 0 Å². The van der Waals surface area contributed by atoms with Gasteiger partial charge in [-0.1, -0.05) is 78.9 Å². The molecule has 0 saturated heterocycles. The maximum atomic E-state index is 6.63. The molecule has 0 amide bonds. The molecule has 4 aromatic carbocycles. The van der Waals surface area contributed by atoms with E-state index in [0.29, 0.717) is 39.8 Å². The van der Waals surface area contributed by atoms with Gasteiger partial charge in [0, 0.05) is 16.8 Å². The second kappa shape index (κ2) is 12.5. The maximum absolute atomic E-state index is 6.63. The molecule has 0 bridgehead atoms. The molecule has 0 saturated carbocycles. The first-order valence-electron chi connectivity index (χ1n) is 14.4. The van der Waals surface area contributed by atoms with Gasteiger partial charge in [0.2, 0.25) is 0 Å². The van der Waals surface area contributed by atoms with Gasteiger partial charge in [-0.25, -0.2) is 0 Å². The van der Waals surface area contributed by atoms with E-state index in [-0.39, 0.29) is 23.5 Å². The van der Waals surface area contributed by atoms with Crippen molar-refractivity contribution in [1.82, 2.24) is 34.5 Å². The van der Waals surface area contributed by atoms with E-state index in [4.69, 9.17) is 27.4 Å². The van der Waals surface area contributed by atoms with Crippen LogP contribution in [0, 0.1) is 0 Å². The molecule has 0 atom stereocenters. The maximum Gasteiger partial charge on any atom is 0.257 e. The molecule has 0 unspecified atom stereocenters. The number of nitrogens with two attached hydrogens (primary N) is 3. The highest BCUT2D eigenvalue weighted by Gasteiger charge is 2.23. The Balaban J connectivity index is 1.32. The SMILES string of the molecule is Nc1ccc(/N=N/c2c(-c3ccccc3)nn(-c3ncnc(-n4nc(-c5ccccc5)c(/N=N/c5ccccc5)c4N)n3)c2N)cc1. The molecule has 0 fully saturated rings. The lowest BCUT2D eigenvalue weighted by Crippen LogP contribution is -2.12. The van der Waals surface area contributed by atoms with Crippen molar-refractivity contribution in [2.24, 2.45) is 20.5 Å². The van der Waals surface area contributed by atoms with Crippen LogP contribution < -0.4 is 17.2 Å². The lowest BCUT2D eigenvalue weighted by atomic mass is 10.1. The second-order valence-corrected chi connectivity index (χ2v) is 10.1. The summed E-state index contributed by atoms with van der Waals surface area (Å²) in [5, 5.41) is 27.1. The van der Waals surface area contributed by atoms with E-state index >= 15 is 0 Å². The molecule has 47 heavy (non-hydrogen) atoms. The zero-order valence-electron chi connectivity index (χ0n) is 24.7. The third kappa shape index (κ3) is 5.88. The van der Waals surface area contributed by atoms with Crippen molar-refractivity contribution < 1.29 is 0 Å². The third-order valence-electron chi connectivity index (χ3n) is 6.99. The van der Waals surface area contributed by atoms with Gasteiger partial charge in [-0.3, -0.25) is 0 Å². The zero-order valence-corrected chi connectivity index (χ0v) is 24.7. The fourth-order valence-corrected chi connectivity index (χ4v) is 4.66. The van der Waals surface area contributed by atoms with Crippen molar-refractivity contribution in [3.8, 4) is 34.4 Å². The number of azo groups is 2. The summed E-state index contributed by atoms with van der Waals surface area (Å²) in [4.78, 5) is 13.3. The standard InChI is InChI=1S/C33H26N14/c34-23-16-18-25(19-17-23)41-43-29-27(22-12-6-2-7-13-22)45-47(31(29)36)33-38-20-37-32(39-33)46-30(35)28(42-40-24-14-8-3-9-15-24)26(44-46)21-10-4-1-5-11-21/h1-20H,34-36H2/b42-40+,43-41+. The fraction of sp³-hybridized carbons (Fsp3) is 0. The van der Waals surface area contributed by atoms with Gasteiger partial charge in [0.05, 0.1) is 11.4 Å². The molecule has 0 spiro atoms. The summed E-state index contributed by atoms with van der Waals surface area (Å²) in [7, 11) is 0. The molecule has 3 aromatic heterocycles. The van der Waals surface area contributed by atoms with E-state index in [9.17, 15) is 0 Å². The molecule has 0 radical (unpaired) electrons. The van der Waals surface area contributed by atoms with Gasteiger partial charge in [-0.05, 0) is 36.4 Å². The van der Waals surface area contributed by atoms with Crippen LogP contribution in [0.5, 0.6) is 0 Å². The Morgan fingerprint density at radius 3 is 1.36 bits per heavy atom. The number of benzene rings is 4. The summed E-state index contributed by atoms with van der Waals surface area (Å²) in [6, 6.07) is 35.3. The summed E-state index contributed by atoms with van der Waals surface area (Å²) in [5.74, 6) is 0.572. The number of hydrogen-bond acceptors (Lipinski definition) is 12. The van der Waals surface area contributed by atoms with Gasteiger partial charge < -0.3 is 17.2 Å². The van der Waals surface area contributed by atoms with Gasteiger partial charge >= 0.3 is 0 Å². The number of nitrogens with zero attached hydrogens (tertiary/aromatic N) is 11. The van der Waals surface area contributed by atoms with Crippen molar-refractivity contribution in [1.29, 1.82) is 0 Å². The topological polar surface area (TPSA) is 202 Å². The van der Waals surface area contributed by atoms with Gasteiger partial charge in [0.1, 0.15) is 17.7 Å². The molecular formula is C33H26N14. The molecule has 7 aromatic rings. The van der Waals surface area contributed by atoms with Crippen molar-refractivity contribution in [3.63, 3.8) is 0 Å².